The lowest BCUT2D eigenvalue weighted by atomic mass is 10.0. The third-order valence-electron chi connectivity index (χ3n) is 2.41. The van der Waals surface area contributed by atoms with Gasteiger partial charge in [0, 0.05) is 0 Å². The minimum Gasteiger partial charge on any atom is -0.503 e. The summed E-state index contributed by atoms with van der Waals surface area (Å²) < 4.78 is 42.4. The van der Waals surface area contributed by atoms with Crippen LogP contribution >= 0.6 is 28.3 Å². The number of ether oxygens (including phenoxy) is 1. The summed E-state index contributed by atoms with van der Waals surface area (Å²) in [6, 6.07) is 0.705. The lowest BCUT2D eigenvalue weighted by Gasteiger charge is -2.22. The maximum absolute atomic E-state index is 12.4. The summed E-state index contributed by atoms with van der Waals surface area (Å²) in [6.45, 7) is 1.88. The zero-order valence-electron chi connectivity index (χ0n) is 10.3. The molecule has 0 aliphatic rings. The summed E-state index contributed by atoms with van der Waals surface area (Å²) in [5.74, 6) is -0.240. The molecule has 20 heavy (non-hydrogen) atoms. The van der Waals surface area contributed by atoms with E-state index in [1.54, 1.807) is 6.92 Å². The third-order valence-corrected chi connectivity index (χ3v) is 3.02. The summed E-state index contributed by atoms with van der Waals surface area (Å²) in [7, 11) is 0. The molecule has 4 N–H and O–H groups in total. The predicted molar refractivity (Wildman–Crippen MR) is 73.2 cm³/mol. The Balaban J connectivity index is 0.00000361. The van der Waals surface area contributed by atoms with Crippen LogP contribution < -0.4 is 10.5 Å². The minimum absolute atomic E-state index is 0. The van der Waals surface area contributed by atoms with Crippen LogP contribution in [0.1, 0.15) is 18.5 Å². The van der Waals surface area contributed by atoms with E-state index in [-0.39, 0.29) is 40.5 Å². The molecule has 2 atom stereocenters. The number of hydrogen-bond donors (Lipinski definition) is 3. The van der Waals surface area contributed by atoms with Gasteiger partial charge in [0.2, 0.25) is 0 Å². The van der Waals surface area contributed by atoms with Gasteiger partial charge in [-0.1, -0.05) is 0 Å². The highest BCUT2D eigenvalue weighted by molar-refractivity contribution is 9.10. The normalized spacial score (nSPS) is 14.3. The summed E-state index contributed by atoms with van der Waals surface area (Å²) >= 11 is 2.99. The van der Waals surface area contributed by atoms with Crippen LogP contribution in [0.5, 0.6) is 11.5 Å². The molecule has 0 spiro atoms. The Kier molecular flexibility index (Phi) is 7.09. The molecule has 0 aliphatic heterocycles. The monoisotopic (exact) mass is 379 g/mol. The van der Waals surface area contributed by atoms with Crippen molar-refractivity contribution in [2.75, 3.05) is 6.61 Å². The predicted octanol–water partition coefficient (Wildman–Crippen LogP) is 2.90. The van der Waals surface area contributed by atoms with Gasteiger partial charge in [-0.15, -0.1) is 12.4 Å². The molecular formula is C11H14BrClF3NO3. The zero-order chi connectivity index (χ0) is 14.8. The Labute approximate surface area is 128 Å². The summed E-state index contributed by atoms with van der Waals surface area (Å²) in [5, 5.41) is 18.8. The molecule has 1 aromatic rings. The average molecular weight is 381 g/mol. The van der Waals surface area contributed by atoms with Gasteiger partial charge in [0.15, 0.2) is 17.6 Å². The van der Waals surface area contributed by atoms with E-state index < -0.39 is 18.3 Å². The van der Waals surface area contributed by atoms with Crippen molar-refractivity contribution >= 4 is 28.3 Å². The van der Waals surface area contributed by atoms with Crippen molar-refractivity contribution in [3.8, 4) is 11.5 Å². The Morgan fingerprint density at radius 3 is 2.40 bits per heavy atom. The number of phenolic OH excluding ortho intramolecular Hbond substituents is 1. The number of aliphatic hydroxyl groups is 1. The first kappa shape index (κ1) is 19.3. The van der Waals surface area contributed by atoms with Crippen molar-refractivity contribution in [3.63, 3.8) is 0 Å². The van der Waals surface area contributed by atoms with Crippen molar-refractivity contribution < 1.29 is 28.1 Å². The van der Waals surface area contributed by atoms with Gasteiger partial charge in [-0.25, -0.2) is 0 Å². The first-order chi connectivity index (χ1) is 8.68. The fourth-order valence-corrected chi connectivity index (χ4v) is 1.90. The molecule has 9 heteroatoms. The molecule has 0 radical (unpaired) electrons. The molecule has 0 fully saturated rings. The molecule has 0 aliphatic carbocycles. The number of rotatable bonds is 4. The summed E-state index contributed by atoms with van der Waals surface area (Å²) in [5.41, 5.74) is 5.38. The smallest absolute Gasteiger partial charge is 0.416 e. The molecule has 0 amide bonds. The average Bonchev–Trinajstić information content (AvgIpc) is 2.32. The second-order valence-electron chi connectivity index (χ2n) is 3.79. The number of halogens is 5. The number of phenols is 1. The van der Waals surface area contributed by atoms with Crippen LogP contribution in [-0.4, -0.2) is 29.1 Å². The maximum Gasteiger partial charge on any atom is 0.416 e. The molecule has 0 heterocycles. The second-order valence-corrected chi connectivity index (χ2v) is 4.65. The molecule has 0 saturated carbocycles. The van der Waals surface area contributed by atoms with Crippen molar-refractivity contribution in [2.45, 2.75) is 25.2 Å². The van der Waals surface area contributed by atoms with E-state index in [0.717, 1.165) is 0 Å². The summed E-state index contributed by atoms with van der Waals surface area (Å²) in [6.07, 6.45) is -7.52. The van der Waals surface area contributed by atoms with Crippen molar-refractivity contribution in [2.24, 2.45) is 5.73 Å². The minimum atomic E-state index is -4.82. The highest BCUT2D eigenvalue weighted by Gasteiger charge is 2.43. The van der Waals surface area contributed by atoms with Crippen LogP contribution in [-0.2, 0) is 0 Å². The van der Waals surface area contributed by atoms with Crippen molar-refractivity contribution in [3.05, 3.63) is 22.2 Å². The van der Waals surface area contributed by atoms with Gasteiger partial charge in [-0.2, -0.15) is 13.2 Å². The Bertz CT molecular complexity index is 459. The van der Waals surface area contributed by atoms with Gasteiger partial charge in [0.05, 0.1) is 17.1 Å². The van der Waals surface area contributed by atoms with Crippen LogP contribution in [0.25, 0.3) is 0 Å². The lowest BCUT2D eigenvalue weighted by Crippen LogP contribution is -2.38. The van der Waals surface area contributed by atoms with Crippen molar-refractivity contribution in [1.29, 1.82) is 0 Å². The van der Waals surface area contributed by atoms with E-state index in [4.69, 9.17) is 15.6 Å². The van der Waals surface area contributed by atoms with Gasteiger partial charge >= 0.3 is 6.18 Å². The number of alkyl halides is 3. The third kappa shape index (κ3) is 4.41. The van der Waals surface area contributed by atoms with Crippen LogP contribution in [0.3, 0.4) is 0 Å². The fourth-order valence-electron chi connectivity index (χ4n) is 1.44. The van der Waals surface area contributed by atoms with Crippen LogP contribution in [0.2, 0.25) is 0 Å². The standard InChI is InChI=1S/C11H13BrF3NO3.ClH/c1-2-19-7-4-5(3-6(12)9(7)17)8(16)10(18)11(13,14)15;/h3-4,8,10,17-18H,2,16H2,1H3;1H/t8-,10-;/m0./s1. The fraction of sp³-hybridized carbons (Fsp3) is 0.455. The van der Waals surface area contributed by atoms with E-state index in [2.05, 4.69) is 15.9 Å². The van der Waals surface area contributed by atoms with Crippen LogP contribution in [0.15, 0.2) is 16.6 Å². The van der Waals surface area contributed by atoms with Gasteiger partial charge in [-0.05, 0) is 40.5 Å². The van der Waals surface area contributed by atoms with E-state index in [1.807, 2.05) is 0 Å². The van der Waals surface area contributed by atoms with Crippen LogP contribution in [0, 0.1) is 0 Å². The zero-order valence-corrected chi connectivity index (χ0v) is 12.7. The highest BCUT2D eigenvalue weighted by Crippen LogP contribution is 2.38. The molecular weight excluding hydrogens is 366 g/mol. The van der Waals surface area contributed by atoms with Gasteiger partial charge in [0.1, 0.15) is 0 Å². The molecule has 0 bridgehead atoms. The van der Waals surface area contributed by atoms with Gasteiger partial charge in [-0.3, -0.25) is 0 Å². The SMILES string of the molecule is CCOc1cc([C@H](N)[C@H](O)C(F)(F)F)cc(Br)c1O.Cl. The van der Waals surface area contributed by atoms with E-state index >= 15 is 0 Å². The molecule has 0 saturated heterocycles. The van der Waals surface area contributed by atoms with Crippen molar-refractivity contribution in [1.82, 2.24) is 0 Å². The number of aliphatic hydroxyl groups excluding tert-OH is 1. The summed E-state index contributed by atoms with van der Waals surface area (Å²) in [4.78, 5) is 0. The number of hydrogen-bond acceptors (Lipinski definition) is 4. The van der Waals surface area contributed by atoms with Gasteiger partial charge in [0.25, 0.3) is 0 Å². The first-order valence-corrected chi connectivity index (χ1v) is 6.13. The van der Waals surface area contributed by atoms with Crippen LogP contribution in [0.4, 0.5) is 13.2 Å². The molecule has 0 unspecified atom stereocenters. The maximum atomic E-state index is 12.4. The molecule has 1 aromatic carbocycles. The number of nitrogens with two attached hydrogens (primary N) is 1. The quantitative estimate of drug-likeness (QED) is 0.751. The topological polar surface area (TPSA) is 75.7 Å². The second kappa shape index (κ2) is 7.35. The molecule has 116 valence electrons. The number of benzene rings is 1. The largest absolute Gasteiger partial charge is 0.503 e. The lowest BCUT2D eigenvalue weighted by molar-refractivity contribution is -0.210. The van der Waals surface area contributed by atoms with E-state index in [9.17, 15) is 18.3 Å². The van der Waals surface area contributed by atoms with E-state index in [0.29, 0.717) is 0 Å². The molecule has 0 aromatic heterocycles. The molecule has 4 nitrogen and oxygen atoms in total. The van der Waals surface area contributed by atoms with Gasteiger partial charge < -0.3 is 20.7 Å². The Morgan fingerprint density at radius 2 is 1.95 bits per heavy atom. The van der Waals surface area contributed by atoms with E-state index in [1.165, 1.54) is 12.1 Å². The Hall–Kier alpha value is -0.700. The highest BCUT2D eigenvalue weighted by atomic mass is 79.9. The molecule has 1 rings (SSSR count). The first-order valence-electron chi connectivity index (χ1n) is 5.34. The Morgan fingerprint density at radius 1 is 1.40 bits per heavy atom. The number of aromatic hydroxyl groups is 1.